The molecule has 0 spiro atoms. The van der Waals surface area contributed by atoms with Crippen LogP contribution in [0.1, 0.15) is 16.7 Å². The lowest BCUT2D eigenvalue weighted by Gasteiger charge is -2.15. The van der Waals surface area contributed by atoms with Gasteiger partial charge >= 0.3 is 0 Å². The summed E-state index contributed by atoms with van der Waals surface area (Å²) in [5.41, 5.74) is 3.64. The Morgan fingerprint density at radius 3 is 2.82 bits per heavy atom. The summed E-state index contributed by atoms with van der Waals surface area (Å²) in [4.78, 5) is 0. The molecule has 0 aromatic heterocycles. The van der Waals surface area contributed by atoms with Gasteiger partial charge in [0.25, 0.3) is 0 Å². The second kappa shape index (κ2) is 7.25. The molecule has 22 heavy (non-hydrogen) atoms. The van der Waals surface area contributed by atoms with Gasteiger partial charge in [-0.25, -0.2) is 0 Å². The highest BCUT2D eigenvalue weighted by molar-refractivity contribution is 5.63. The number of fused-ring (bicyclic) bond motifs is 1. The van der Waals surface area contributed by atoms with Gasteiger partial charge in [0.15, 0.2) is 0 Å². The minimum Gasteiger partial charge on any atom is -0.491 e. The average molecular weight is 295 g/mol. The fraction of sp³-hybridized carbons (Fsp3) is 0.263. The molecule has 0 heterocycles. The van der Waals surface area contributed by atoms with Crippen LogP contribution in [0.4, 0.5) is 0 Å². The van der Waals surface area contributed by atoms with Gasteiger partial charge in [-0.05, 0) is 23.6 Å². The smallest absolute Gasteiger partial charge is 0.123 e. The van der Waals surface area contributed by atoms with E-state index in [1.165, 1.54) is 16.7 Å². The summed E-state index contributed by atoms with van der Waals surface area (Å²) in [6, 6.07) is 16.2. The largest absolute Gasteiger partial charge is 0.491 e. The third kappa shape index (κ3) is 3.75. The van der Waals surface area contributed by atoms with Gasteiger partial charge < -0.3 is 15.2 Å². The molecule has 0 amide bonds. The van der Waals surface area contributed by atoms with Crippen molar-refractivity contribution < 1.29 is 9.84 Å². The van der Waals surface area contributed by atoms with Gasteiger partial charge in [-0.3, -0.25) is 0 Å². The number of ether oxygens (including phenoxy) is 1. The normalized spacial score (nSPS) is 13.9. The van der Waals surface area contributed by atoms with Crippen LogP contribution in [-0.2, 0) is 13.0 Å². The van der Waals surface area contributed by atoms with Crippen LogP contribution >= 0.6 is 0 Å². The van der Waals surface area contributed by atoms with Gasteiger partial charge in [0.1, 0.15) is 18.5 Å². The Morgan fingerprint density at radius 1 is 1.09 bits per heavy atom. The van der Waals surface area contributed by atoms with E-state index in [4.69, 9.17) is 4.74 Å². The van der Waals surface area contributed by atoms with Crippen molar-refractivity contribution in [1.82, 2.24) is 5.32 Å². The zero-order valence-electron chi connectivity index (χ0n) is 12.5. The Morgan fingerprint density at radius 2 is 1.95 bits per heavy atom. The topological polar surface area (TPSA) is 41.5 Å². The first kappa shape index (κ1) is 14.8. The molecule has 1 atom stereocenters. The molecule has 0 bridgehead atoms. The highest BCUT2D eigenvalue weighted by Gasteiger charge is 2.12. The molecular formula is C19H21NO2. The van der Waals surface area contributed by atoms with Gasteiger partial charge in [0, 0.05) is 18.7 Å². The molecule has 3 nitrogen and oxygen atoms in total. The van der Waals surface area contributed by atoms with Crippen molar-refractivity contribution in [3.05, 3.63) is 71.3 Å². The number of rotatable bonds is 7. The van der Waals surface area contributed by atoms with Crippen LogP contribution in [0.2, 0.25) is 0 Å². The number of nitrogens with one attached hydrogen (secondary N) is 1. The molecule has 0 saturated heterocycles. The van der Waals surface area contributed by atoms with Crippen molar-refractivity contribution in [2.24, 2.45) is 0 Å². The second-order valence-electron chi connectivity index (χ2n) is 5.51. The monoisotopic (exact) mass is 295 g/mol. The summed E-state index contributed by atoms with van der Waals surface area (Å²) in [5, 5.41) is 13.3. The highest BCUT2D eigenvalue weighted by Crippen LogP contribution is 2.28. The maximum absolute atomic E-state index is 10.0. The minimum absolute atomic E-state index is 0.304. The van der Waals surface area contributed by atoms with Crippen molar-refractivity contribution in [3.63, 3.8) is 0 Å². The lowest BCUT2D eigenvalue weighted by molar-refractivity contribution is 0.106. The van der Waals surface area contributed by atoms with E-state index in [0.29, 0.717) is 13.2 Å². The number of allylic oxidation sites excluding steroid dienone is 1. The quantitative estimate of drug-likeness (QED) is 0.825. The first-order valence-electron chi connectivity index (χ1n) is 7.67. The van der Waals surface area contributed by atoms with Crippen LogP contribution in [0.3, 0.4) is 0 Å². The Labute approximate surface area is 131 Å². The van der Waals surface area contributed by atoms with Crippen LogP contribution in [0.5, 0.6) is 5.75 Å². The fourth-order valence-corrected chi connectivity index (χ4v) is 2.62. The van der Waals surface area contributed by atoms with E-state index in [2.05, 4.69) is 35.7 Å². The van der Waals surface area contributed by atoms with E-state index in [1.54, 1.807) is 0 Å². The third-order valence-corrected chi connectivity index (χ3v) is 3.77. The Kier molecular flexibility index (Phi) is 4.88. The predicted molar refractivity (Wildman–Crippen MR) is 88.8 cm³/mol. The molecule has 1 aliphatic rings. The summed E-state index contributed by atoms with van der Waals surface area (Å²) in [6.45, 7) is 1.57. The molecular weight excluding hydrogens is 274 g/mol. The minimum atomic E-state index is -0.520. The van der Waals surface area contributed by atoms with Crippen molar-refractivity contribution in [2.45, 2.75) is 19.1 Å². The van der Waals surface area contributed by atoms with Crippen molar-refractivity contribution in [2.75, 3.05) is 13.2 Å². The van der Waals surface area contributed by atoms with Gasteiger partial charge in [-0.1, -0.05) is 54.6 Å². The van der Waals surface area contributed by atoms with Crippen LogP contribution in [0.15, 0.2) is 54.6 Å². The van der Waals surface area contributed by atoms with E-state index in [9.17, 15) is 5.11 Å². The van der Waals surface area contributed by atoms with Crippen LogP contribution in [-0.4, -0.2) is 24.4 Å². The number of aliphatic hydroxyl groups is 1. The lowest BCUT2D eigenvalue weighted by atomic mass is 10.1. The van der Waals surface area contributed by atoms with Crippen LogP contribution in [0, 0.1) is 0 Å². The molecule has 0 aliphatic heterocycles. The van der Waals surface area contributed by atoms with Crippen molar-refractivity contribution in [1.29, 1.82) is 0 Å². The summed E-state index contributed by atoms with van der Waals surface area (Å²) >= 11 is 0. The second-order valence-corrected chi connectivity index (χ2v) is 5.51. The molecule has 0 saturated carbocycles. The van der Waals surface area contributed by atoms with Crippen LogP contribution in [0.25, 0.3) is 6.08 Å². The molecule has 3 heteroatoms. The number of aliphatic hydroxyl groups excluding tert-OH is 1. The van der Waals surface area contributed by atoms with E-state index in [0.717, 1.165) is 18.7 Å². The van der Waals surface area contributed by atoms with Crippen molar-refractivity contribution >= 4 is 6.08 Å². The SMILES string of the molecule is OC(CNCc1ccccc1)COc1cccc2c1CC=C2. The first-order valence-corrected chi connectivity index (χ1v) is 7.67. The van der Waals surface area contributed by atoms with Gasteiger partial charge in [-0.2, -0.15) is 0 Å². The molecule has 2 aromatic carbocycles. The Bertz CT molecular complexity index is 637. The average Bonchev–Trinajstić information content (AvgIpc) is 3.03. The van der Waals surface area contributed by atoms with Gasteiger partial charge in [-0.15, -0.1) is 0 Å². The highest BCUT2D eigenvalue weighted by atomic mass is 16.5. The zero-order chi connectivity index (χ0) is 15.2. The number of hydrogen-bond donors (Lipinski definition) is 2. The molecule has 1 aliphatic carbocycles. The summed E-state index contributed by atoms with van der Waals surface area (Å²) in [7, 11) is 0. The molecule has 1 unspecified atom stereocenters. The number of hydrogen-bond acceptors (Lipinski definition) is 3. The summed E-state index contributed by atoms with van der Waals surface area (Å²) in [5.74, 6) is 0.879. The Hall–Kier alpha value is -2.10. The number of benzene rings is 2. The van der Waals surface area contributed by atoms with Gasteiger partial charge in [0.2, 0.25) is 0 Å². The molecule has 0 radical (unpaired) electrons. The molecule has 0 fully saturated rings. The van der Waals surface area contributed by atoms with Crippen molar-refractivity contribution in [3.8, 4) is 5.75 Å². The van der Waals surface area contributed by atoms with Crippen LogP contribution < -0.4 is 10.1 Å². The predicted octanol–water partition coefficient (Wildman–Crippen LogP) is 2.79. The third-order valence-electron chi connectivity index (χ3n) is 3.77. The first-order chi connectivity index (χ1) is 10.8. The Balaban J connectivity index is 1.43. The maximum Gasteiger partial charge on any atom is 0.123 e. The molecule has 3 rings (SSSR count). The summed E-state index contributed by atoms with van der Waals surface area (Å²) in [6.07, 6.45) is 4.64. The van der Waals surface area contributed by atoms with E-state index in [1.807, 2.05) is 30.3 Å². The van der Waals surface area contributed by atoms with E-state index in [-0.39, 0.29) is 0 Å². The van der Waals surface area contributed by atoms with E-state index >= 15 is 0 Å². The zero-order valence-corrected chi connectivity index (χ0v) is 12.5. The summed E-state index contributed by atoms with van der Waals surface area (Å²) < 4.78 is 5.78. The molecule has 2 aromatic rings. The fourth-order valence-electron chi connectivity index (χ4n) is 2.62. The lowest BCUT2D eigenvalue weighted by Crippen LogP contribution is -2.31. The molecule has 2 N–H and O–H groups in total. The van der Waals surface area contributed by atoms with E-state index < -0.39 is 6.10 Å². The maximum atomic E-state index is 10.0. The molecule has 114 valence electrons. The van der Waals surface area contributed by atoms with Gasteiger partial charge in [0.05, 0.1) is 0 Å². The standard InChI is InChI=1S/C19H21NO2/c21-17(13-20-12-15-6-2-1-3-7-15)14-22-19-11-5-9-16-8-4-10-18(16)19/h1-9,11,17,20-21H,10,12-14H2.